The van der Waals surface area contributed by atoms with E-state index in [9.17, 15) is 0 Å². The molecule has 0 fully saturated rings. The molecule has 0 radical (unpaired) electrons. The third-order valence-electron chi connectivity index (χ3n) is 12.6. The number of hydrogen-bond acceptors (Lipinski definition) is 1. The molecule has 1 aliphatic rings. The number of rotatable bonds is 3. The highest BCUT2D eigenvalue weighted by atomic mass is 32.1. The first-order chi connectivity index (χ1) is 27.5. The van der Waals surface area contributed by atoms with Gasteiger partial charge in [-0.3, -0.25) is 0 Å². The van der Waals surface area contributed by atoms with Crippen molar-refractivity contribution in [3.63, 3.8) is 0 Å². The van der Waals surface area contributed by atoms with E-state index >= 15 is 0 Å². The van der Waals surface area contributed by atoms with Gasteiger partial charge in [-0.05, 0) is 111 Å². The zero-order valence-corrected chi connectivity index (χ0v) is 32.0. The van der Waals surface area contributed by atoms with Gasteiger partial charge in [-0.15, -0.1) is 11.3 Å². The Bertz CT molecular complexity index is 3370. The van der Waals surface area contributed by atoms with E-state index in [1.807, 2.05) is 11.3 Å². The molecule has 0 spiro atoms. The molecule has 262 valence electrons. The summed E-state index contributed by atoms with van der Waals surface area (Å²) in [7, 11) is 0. The minimum absolute atomic E-state index is 0.125. The minimum atomic E-state index is -0.125. The van der Waals surface area contributed by atoms with Gasteiger partial charge in [0.15, 0.2) is 0 Å². The maximum absolute atomic E-state index is 2.46. The van der Waals surface area contributed by atoms with Crippen molar-refractivity contribution < 1.29 is 0 Å². The second-order valence-electron chi connectivity index (χ2n) is 16.0. The van der Waals surface area contributed by atoms with Crippen LogP contribution < -0.4 is 0 Å². The maximum atomic E-state index is 2.46. The first kappa shape index (κ1) is 31.8. The number of benzene rings is 10. The van der Waals surface area contributed by atoms with E-state index in [-0.39, 0.29) is 5.41 Å². The van der Waals surface area contributed by atoms with Gasteiger partial charge >= 0.3 is 0 Å². The zero-order valence-electron chi connectivity index (χ0n) is 31.2. The van der Waals surface area contributed by atoms with Crippen molar-refractivity contribution in [3.8, 4) is 44.5 Å². The van der Waals surface area contributed by atoms with E-state index in [1.165, 1.54) is 119 Å². The molecule has 1 heterocycles. The SMILES string of the molecule is CC1(C)c2cc(-c3ccc(-c4c5ccccc5c(-c5cccc6ccccc56)c5ccccc45)cc3)ccc2-c2ccc3c(sc4ccc5ccccc5c43)c21. The summed E-state index contributed by atoms with van der Waals surface area (Å²) in [4.78, 5) is 0. The molecule has 0 bridgehead atoms. The normalized spacial score (nSPS) is 13.3. The molecule has 12 rings (SSSR count). The molecule has 0 N–H and O–H groups in total. The topological polar surface area (TPSA) is 0 Å². The molecule has 0 saturated heterocycles. The largest absolute Gasteiger partial charge is 0.135 e. The second-order valence-corrected chi connectivity index (χ2v) is 17.0. The molecule has 0 unspecified atom stereocenters. The summed E-state index contributed by atoms with van der Waals surface area (Å²) < 4.78 is 2.79. The quantitative estimate of drug-likeness (QED) is 0.159. The van der Waals surface area contributed by atoms with Crippen molar-refractivity contribution in [1.29, 1.82) is 0 Å². The summed E-state index contributed by atoms with van der Waals surface area (Å²) in [5.74, 6) is 0. The zero-order chi connectivity index (χ0) is 37.1. The molecule has 1 heteroatoms. The highest BCUT2D eigenvalue weighted by Crippen LogP contribution is 2.55. The molecule has 0 nitrogen and oxygen atoms in total. The fraction of sp³-hybridized carbons (Fsp3) is 0.0545. The van der Waals surface area contributed by atoms with Gasteiger partial charge in [-0.1, -0.05) is 184 Å². The van der Waals surface area contributed by atoms with Crippen molar-refractivity contribution >= 4 is 74.6 Å². The number of hydrogen-bond donors (Lipinski definition) is 0. The fourth-order valence-electron chi connectivity index (χ4n) is 10.1. The Morgan fingerprint density at radius 2 is 0.929 bits per heavy atom. The highest BCUT2D eigenvalue weighted by Gasteiger charge is 2.38. The molecule has 1 aromatic heterocycles. The Morgan fingerprint density at radius 1 is 0.375 bits per heavy atom. The van der Waals surface area contributed by atoms with Gasteiger partial charge in [-0.25, -0.2) is 0 Å². The van der Waals surface area contributed by atoms with Crippen molar-refractivity contribution in [1.82, 2.24) is 0 Å². The summed E-state index contributed by atoms with van der Waals surface area (Å²) >= 11 is 1.96. The molecule has 11 aromatic rings. The van der Waals surface area contributed by atoms with Crippen LogP contribution >= 0.6 is 11.3 Å². The van der Waals surface area contributed by atoms with Crippen LogP contribution in [0.25, 0.3) is 108 Å². The average molecular weight is 729 g/mol. The van der Waals surface area contributed by atoms with E-state index in [4.69, 9.17) is 0 Å². The van der Waals surface area contributed by atoms with Crippen LogP contribution in [0.5, 0.6) is 0 Å². The van der Waals surface area contributed by atoms with Crippen LogP contribution in [-0.4, -0.2) is 0 Å². The molecule has 0 amide bonds. The highest BCUT2D eigenvalue weighted by molar-refractivity contribution is 7.26. The predicted octanol–water partition coefficient (Wildman–Crippen LogP) is 16.0. The first-order valence-electron chi connectivity index (χ1n) is 19.6. The molecular weight excluding hydrogens is 693 g/mol. The van der Waals surface area contributed by atoms with Gasteiger partial charge in [-0.2, -0.15) is 0 Å². The van der Waals surface area contributed by atoms with E-state index in [0.29, 0.717) is 0 Å². The second kappa shape index (κ2) is 11.7. The Kier molecular flexibility index (Phi) is 6.66. The van der Waals surface area contributed by atoms with Crippen LogP contribution in [0, 0.1) is 0 Å². The molecule has 0 aliphatic heterocycles. The number of thiophene rings is 1. The molecule has 0 saturated carbocycles. The van der Waals surface area contributed by atoms with Crippen LogP contribution in [0.15, 0.2) is 182 Å². The van der Waals surface area contributed by atoms with E-state index < -0.39 is 0 Å². The van der Waals surface area contributed by atoms with Crippen LogP contribution in [0.1, 0.15) is 25.0 Å². The Balaban J connectivity index is 0.978. The van der Waals surface area contributed by atoms with Gasteiger partial charge in [0.25, 0.3) is 0 Å². The van der Waals surface area contributed by atoms with Crippen molar-refractivity contribution in [2.75, 3.05) is 0 Å². The molecule has 1 aliphatic carbocycles. The maximum Gasteiger partial charge on any atom is 0.0402 e. The first-order valence-corrected chi connectivity index (χ1v) is 20.4. The summed E-state index contributed by atoms with van der Waals surface area (Å²) in [5, 5.41) is 13.1. The summed E-state index contributed by atoms with van der Waals surface area (Å²) in [6.07, 6.45) is 0. The van der Waals surface area contributed by atoms with Crippen LogP contribution in [-0.2, 0) is 5.41 Å². The molecular formula is C55H36S. The van der Waals surface area contributed by atoms with Crippen molar-refractivity contribution in [2.45, 2.75) is 19.3 Å². The van der Waals surface area contributed by atoms with Crippen LogP contribution in [0.4, 0.5) is 0 Å². The molecule has 0 atom stereocenters. The number of fused-ring (bicyclic) bond motifs is 12. The average Bonchev–Trinajstić information content (AvgIpc) is 3.74. The van der Waals surface area contributed by atoms with E-state index in [2.05, 4.69) is 196 Å². The van der Waals surface area contributed by atoms with E-state index in [1.54, 1.807) is 0 Å². The van der Waals surface area contributed by atoms with Gasteiger partial charge in [0.05, 0.1) is 0 Å². The molecule has 56 heavy (non-hydrogen) atoms. The standard InChI is InChI=1S/C55H36S/c1-55(2)48-32-37(26-28-40(48)46-29-30-47-52-39-16-6-4-13-35(39)27-31-49(52)56-54(47)53(46)55)33-22-24-36(25-23-33)50-42-17-7-9-19-44(42)51(45-20-10-8-18-43(45)50)41-21-11-14-34-12-3-5-15-38(34)41/h3-32H,1-2H3. The monoisotopic (exact) mass is 728 g/mol. The van der Waals surface area contributed by atoms with Crippen molar-refractivity contribution in [2.24, 2.45) is 0 Å². The van der Waals surface area contributed by atoms with Gasteiger partial charge < -0.3 is 0 Å². The van der Waals surface area contributed by atoms with Gasteiger partial charge in [0.1, 0.15) is 0 Å². The van der Waals surface area contributed by atoms with Crippen molar-refractivity contribution in [3.05, 3.63) is 193 Å². The van der Waals surface area contributed by atoms with Crippen LogP contribution in [0.2, 0.25) is 0 Å². The third-order valence-corrected chi connectivity index (χ3v) is 13.8. The summed E-state index contributed by atoms with van der Waals surface area (Å²) in [5.41, 5.74) is 13.1. The smallest absolute Gasteiger partial charge is 0.0402 e. The molecule has 10 aromatic carbocycles. The fourth-order valence-corrected chi connectivity index (χ4v) is 11.5. The Morgan fingerprint density at radius 3 is 1.64 bits per heavy atom. The van der Waals surface area contributed by atoms with Gasteiger partial charge in [0.2, 0.25) is 0 Å². The lowest BCUT2D eigenvalue weighted by molar-refractivity contribution is 0.667. The lowest BCUT2D eigenvalue weighted by atomic mass is 9.81. The third kappa shape index (κ3) is 4.41. The lowest BCUT2D eigenvalue weighted by Crippen LogP contribution is -2.15. The summed E-state index contributed by atoms with van der Waals surface area (Å²) in [6.45, 7) is 4.84. The summed E-state index contributed by atoms with van der Waals surface area (Å²) in [6, 6.07) is 68.0. The Hall–Kier alpha value is -6.54. The minimum Gasteiger partial charge on any atom is -0.135 e. The van der Waals surface area contributed by atoms with Gasteiger partial charge in [0, 0.05) is 25.6 Å². The Labute approximate surface area is 329 Å². The van der Waals surface area contributed by atoms with E-state index in [0.717, 1.165) is 0 Å². The van der Waals surface area contributed by atoms with Crippen LogP contribution in [0.3, 0.4) is 0 Å². The predicted molar refractivity (Wildman–Crippen MR) is 243 cm³/mol. The lowest BCUT2D eigenvalue weighted by Gasteiger charge is -2.23.